The first-order chi connectivity index (χ1) is 19.2. The normalized spacial score (nSPS) is 19.2. The first kappa shape index (κ1) is 27.7. The molecule has 2 heterocycles. The van der Waals surface area contributed by atoms with Crippen molar-refractivity contribution in [3.8, 4) is 11.5 Å². The van der Waals surface area contributed by atoms with Crippen molar-refractivity contribution in [2.45, 2.75) is 56.8 Å². The van der Waals surface area contributed by atoms with Gasteiger partial charge in [0.1, 0.15) is 39.9 Å². The van der Waals surface area contributed by atoms with Crippen molar-refractivity contribution in [3.63, 3.8) is 0 Å². The molecule has 1 aliphatic heterocycles. The lowest BCUT2D eigenvalue weighted by Crippen LogP contribution is -2.49. The molecule has 1 aromatic heterocycles. The Labute approximate surface area is 232 Å². The zero-order chi connectivity index (χ0) is 28.4. The van der Waals surface area contributed by atoms with E-state index in [0.717, 1.165) is 16.7 Å². The molecular weight excluding hydrogens is 510 g/mol. The van der Waals surface area contributed by atoms with E-state index < -0.39 is 23.2 Å². The molecule has 0 saturated carbocycles. The van der Waals surface area contributed by atoms with Crippen LogP contribution in [0.2, 0.25) is 0 Å². The van der Waals surface area contributed by atoms with Crippen molar-refractivity contribution in [3.05, 3.63) is 98.9 Å². The van der Waals surface area contributed by atoms with Crippen molar-refractivity contribution < 1.29 is 29.2 Å². The van der Waals surface area contributed by atoms with Crippen LogP contribution in [0, 0.1) is 0 Å². The fourth-order valence-electron chi connectivity index (χ4n) is 5.31. The van der Waals surface area contributed by atoms with Crippen molar-refractivity contribution >= 4 is 16.7 Å². The molecule has 0 amide bonds. The van der Waals surface area contributed by atoms with Crippen LogP contribution in [-0.2, 0) is 30.4 Å². The minimum absolute atomic E-state index is 0.000670. The van der Waals surface area contributed by atoms with Gasteiger partial charge < -0.3 is 34.9 Å². The van der Waals surface area contributed by atoms with Crippen LogP contribution in [-0.4, -0.2) is 40.7 Å². The maximum atomic E-state index is 13.0. The maximum absolute atomic E-state index is 13.0. The van der Waals surface area contributed by atoms with Gasteiger partial charge in [-0.05, 0) is 48.9 Å². The number of nitrogens with two attached hydrogens (primary N) is 1. The van der Waals surface area contributed by atoms with Gasteiger partial charge in [-0.3, -0.25) is 4.79 Å². The Morgan fingerprint density at radius 1 is 1.10 bits per heavy atom. The van der Waals surface area contributed by atoms with Gasteiger partial charge in [-0.2, -0.15) is 0 Å². The minimum Gasteiger partial charge on any atom is -0.507 e. The van der Waals surface area contributed by atoms with E-state index in [2.05, 4.69) is 6.07 Å². The van der Waals surface area contributed by atoms with Gasteiger partial charge in [-0.25, -0.2) is 0 Å². The Balaban J connectivity index is 1.41. The van der Waals surface area contributed by atoms with Crippen LogP contribution < -0.4 is 15.9 Å². The molecule has 210 valence electrons. The lowest BCUT2D eigenvalue weighted by atomic mass is 9.84. The highest BCUT2D eigenvalue weighted by Crippen LogP contribution is 2.43. The smallest absolute Gasteiger partial charge is 0.196 e. The van der Waals surface area contributed by atoms with Crippen LogP contribution in [0.4, 0.5) is 5.69 Å². The molecule has 8 heteroatoms. The summed E-state index contributed by atoms with van der Waals surface area (Å²) in [4.78, 5) is 13.0. The van der Waals surface area contributed by atoms with Crippen LogP contribution in [0.1, 0.15) is 47.5 Å². The zero-order valence-electron chi connectivity index (χ0n) is 22.7. The third-order valence-electron chi connectivity index (χ3n) is 7.81. The SMILES string of the molecule is COCCc1cc(CC[C@@]2(C)Oc3cc4oc([C@H](O)Cc5ccccc5)cc(=O)c4c(O)c3C[C@H]2O)ccc1N. The molecule has 0 unspecified atom stereocenters. The van der Waals surface area contributed by atoms with E-state index >= 15 is 0 Å². The number of aliphatic hydroxyl groups is 2. The number of benzene rings is 3. The highest BCUT2D eigenvalue weighted by atomic mass is 16.5. The number of aliphatic hydroxyl groups excluding tert-OH is 2. The summed E-state index contributed by atoms with van der Waals surface area (Å²) in [6.45, 7) is 2.41. The largest absolute Gasteiger partial charge is 0.507 e. The highest BCUT2D eigenvalue weighted by Gasteiger charge is 2.41. The fraction of sp³-hybridized carbons (Fsp3) is 0.344. The average Bonchev–Trinajstić information content (AvgIpc) is 2.93. The van der Waals surface area contributed by atoms with E-state index in [1.54, 1.807) is 13.2 Å². The monoisotopic (exact) mass is 545 g/mol. The number of phenolic OH excluding ortho intramolecular Hbond substituents is 1. The van der Waals surface area contributed by atoms with Gasteiger partial charge in [0.05, 0.1) is 12.7 Å². The second-order valence-corrected chi connectivity index (χ2v) is 10.7. The molecule has 40 heavy (non-hydrogen) atoms. The van der Waals surface area contributed by atoms with Gasteiger partial charge in [0.15, 0.2) is 5.43 Å². The number of aryl methyl sites for hydroxylation is 1. The molecule has 4 aromatic rings. The van der Waals surface area contributed by atoms with Crippen LogP contribution in [0.25, 0.3) is 11.0 Å². The molecule has 5 rings (SSSR count). The third kappa shape index (κ3) is 5.56. The Morgan fingerprint density at radius 3 is 2.62 bits per heavy atom. The van der Waals surface area contributed by atoms with Crippen LogP contribution >= 0.6 is 0 Å². The number of methoxy groups -OCH3 is 1. The van der Waals surface area contributed by atoms with E-state index in [1.807, 2.05) is 49.4 Å². The molecule has 0 spiro atoms. The van der Waals surface area contributed by atoms with Crippen LogP contribution in [0.3, 0.4) is 0 Å². The summed E-state index contributed by atoms with van der Waals surface area (Å²) in [7, 11) is 1.65. The molecule has 8 nitrogen and oxygen atoms in total. The van der Waals surface area contributed by atoms with E-state index in [9.17, 15) is 20.1 Å². The number of hydrogen-bond acceptors (Lipinski definition) is 8. The van der Waals surface area contributed by atoms with Crippen molar-refractivity contribution in [1.82, 2.24) is 0 Å². The lowest BCUT2D eigenvalue weighted by molar-refractivity contribution is -0.0595. The lowest BCUT2D eigenvalue weighted by Gasteiger charge is -2.40. The molecule has 3 aromatic carbocycles. The summed E-state index contributed by atoms with van der Waals surface area (Å²) in [6, 6.07) is 18.1. The van der Waals surface area contributed by atoms with Crippen molar-refractivity contribution in [2.75, 3.05) is 19.5 Å². The number of fused-ring (bicyclic) bond motifs is 2. The van der Waals surface area contributed by atoms with Gasteiger partial charge in [0, 0.05) is 43.3 Å². The molecular formula is C32H35NO7. The quantitative estimate of drug-likeness (QED) is 0.230. The Morgan fingerprint density at radius 2 is 1.88 bits per heavy atom. The molecule has 0 saturated heterocycles. The van der Waals surface area contributed by atoms with Gasteiger partial charge in [0.2, 0.25) is 0 Å². The third-order valence-corrected chi connectivity index (χ3v) is 7.81. The topological polar surface area (TPSA) is 135 Å². The number of aromatic hydroxyl groups is 1. The average molecular weight is 546 g/mol. The Bertz CT molecular complexity index is 1570. The standard InChI is InChI=1S/C32H35NO7/c1-32(12-10-20-8-9-23(33)21(14-20)11-13-38-2)29(36)16-22-26(40-32)18-28-30(31(22)37)25(35)17-27(39-28)24(34)15-19-6-4-3-5-7-19/h3-9,14,17-18,24,29,34,36-37H,10-13,15-16,33H2,1-2H3/t24-,29-,32-/m1/s1. The van der Waals surface area contributed by atoms with E-state index in [0.29, 0.717) is 42.9 Å². The van der Waals surface area contributed by atoms with E-state index in [4.69, 9.17) is 19.6 Å². The Kier molecular flexibility index (Phi) is 7.85. The molecule has 3 atom stereocenters. The first-order valence-corrected chi connectivity index (χ1v) is 13.5. The fourth-order valence-corrected chi connectivity index (χ4v) is 5.31. The molecule has 0 fully saturated rings. The number of phenols is 1. The van der Waals surface area contributed by atoms with E-state index in [1.165, 1.54) is 6.07 Å². The second-order valence-electron chi connectivity index (χ2n) is 10.7. The van der Waals surface area contributed by atoms with Gasteiger partial charge in [-0.15, -0.1) is 0 Å². The molecule has 0 radical (unpaired) electrons. The minimum atomic E-state index is -1.04. The summed E-state index contributed by atoms with van der Waals surface area (Å²) in [5.74, 6) is 0.174. The van der Waals surface area contributed by atoms with Gasteiger partial charge >= 0.3 is 0 Å². The highest BCUT2D eigenvalue weighted by molar-refractivity contribution is 5.87. The van der Waals surface area contributed by atoms with Crippen molar-refractivity contribution in [1.29, 1.82) is 0 Å². The summed E-state index contributed by atoms with van der Waals surface area (Å²) < 4.78 is 17.4. The number of hydrogen-bond donors (Lipinski definition) is 4. The number of anilines is 1. The van der Waals surface area contributed by atoms with Crippen molar-refractivity contribution in [2.24, 2.45) is 0 Å². The summed E-state index contributed by atoms with van der Waals surface area (Å²) in [5, 5.41) is 32.9. The van der Waals surface area contributed by atoms with E-state index in [-0.39, 0.29) is 35.3 Å². The number of nitrogen functional groups attached to an aromatic ring is 1. The second kappa shape index (κ2) is 11.3. The zero-order valence-corrected chi connectivity index (χ0v) is 22.7. The van der Waals surface area contributed by atoms with Crippen LogP contribution in [0.15, 0.2) is 69.9 Å². The molecule has 1 aliphatic rings. The first-order valence-electron chi connectivity index (χ1n) is 13.5. The summed E-state index contributed by atoms with van der Waals surface area (Å²) >= 11 is 0. The number of rotatable bonds is 9. The van der Waals surface area contributed by atoms with Crippen LogP contribution in [0.5, 0.6) is 11.5 Å². The Hall–Kier alpha value is -3.85. The van der Waals surface area contributed by atoms with Gasteiger partial charge in [0.25, 0.3) is 0 Å². The van der Waals surface area contributed by atoms with Gasteiger partial charge in [-0.1, -0.05) is 42.5 Å². The maximum Gasteiger partial charge on any atom is 0.196 e. The summed E-state index contributed by atoms with van der Waals surface area (Å²) in [5.41, 5.74) is 8.85. The predicted molar refractivity (Wildman–Crippen MR) is 153 cm³/mol. The number of ether oxygens (including phenoxy) is 2. The molecule has 0 aliphatic carbocycles. The summed E-state index contributed by atoms with van der Waals surface area (Å²) in [6.07, 6.45) is 0.272. The predicted octanol–water partition coefficient (Wildman–Crippen LogP) is 4.23. The molecule has 5 N–H and O–H groups in total. The molecule has 0 bridgehead atoms.